The molecule has 0 spiro atoms. The van der Waals surface area contributed by atoms with Crippen molar-refractivity contribution in [3.05, 3.63) is 29.8 Å². The number of carbonyl (C=O) groups excluding carboxylic acids is 2. The number of aliphatic carboxylic acids is 1. The fourth-order valence-electron chi connectivity index (χ4n) is 1.45. The Morgan fingerprint density at radius 2 is 1.60 bits per heavy atom. The van der Waals surface area contributed by atoms with Gasteiger partial charge in [-0.15, -0.1) is 0 Å². The predicted octanol–water partition coefficient (Wildman–Crippen LogP) is -0.482. The third-order valence-electron chi connectivity index (χ3n) is 2.50. The number of aryl methyl sites for hydroxylation is 1. The van der Waals surface area contributed by atoms with Crippen LogP contribution < -0.4 is 16.4 Å². The van der Waals surface area contributed by atoms with Gasteiger partial charge in [-0.3, -0.25) is 14.4 Å². The SMILES string of the molecule is Nc1ccc(CCC(=O)NCC(=O)NCC(=O)O)cc1. The quantitative estimate of drug-likeness (QED) is 0.502. The third kappa shape index (κ3) is 6.39. The summed E-state index contributed by atoms with van der Waals surface area (Å²) in [4.78, 5) is 32.9. The van der Waals surface area contributed by atoms with Crippen molar-refractivity contribution in [3.63, 3.8) is 0 Å². The highest BCUT2D eigenvalue weighted by molar-refractivity contribution is 5.86. The molecule has 0 atom stereocenters. The Hall–Kier alpha value is -2.57. The highest BCUT2D eigenvalue weighted by atomic mass is 16.4. The lowest BCUT2D eigenvalue weighted by molar-refractivity contribution is -0.137. The summed E-state index contributed by atoms with van der Waals surface area (Å²) in [6.07, 6.45) is 0.791. The van der Waals surface area contributed by atoms with E-state index in [1.165, 1.54) is 0 Å². The Morgan fingerprint density at radius 3 is 2.20 bits per heavy atom. The number of rotatable bonds is 7. The van der Waals surface area contributed by atoms with E-state index in [4.69, 9.17) is 10.8 Å². The Labute approximate surface area is 116 Å². The molecule has 0 saturated heterocycles. The van der Waals surface area contributed by atoms with E-state index in [-0.39, 0.29) is 18.9 Å². The summed E-state index contributed by atoms with van der Waals surface area (Å²) < 4.78 is 0. The second-order valence-corrected chi connectivity index (χ2v) is 4.19. The normalized spacial score (nSPS) is 9.80. The molecule has 0 unspecified atom stereocenters. The van der Waals surface area contributed by atoms with Crippen molar-refractivity contribution in [2.45, 2.75) is 12.8 Å². The summed E-state index contributed by atoms with van der Waals surface area (Å²) in [6.45, 7) is -0.687. The molecule has 2 amide bonds. The first-order chi connectivity index (χ1) is 9.47. The van der Waals surface area contributed by atoms with Gasteiger partial charge in [-0.05, 0) is 24.1 Å². The zero-order valence-electron chi connectivity index (χ0n) is 10.9. The molecule has 0 saturated carbocycles. The molecule has 0 aromatic heterocycles. The Morgan fingerprint density at radius 1 is 1.00 bits per heavy atom. The number of carboxylic acid groups (broad SMARTS) is 1. The van der Waals surface area contributed by atoms with Crippen LogP contribution in [-0.4, -0.2) is 36.0 Å². The van der Waals surface area contributed by atoms with E-state index < -0.39 is 18.4 Å². The average molecular weight is 279 g/mol. The van der Waals surface area contributed by atoms with Crippen LogP contribution in [0, 0.1) is 0 Å². The molecule has 7 heteroatoms. The van der Waals surface area contributed by atoms with Crippen LogP contribution in [0.15, 0.2) is 24.3 Å². The molecule has 0 bridgehead atoms. The van der Waals surface area contributed by atoms with Gasteiger partial charge in [0.25, 0.3) is 0 Å². The summed E-state index contributed by atoms with van der Waals surface area (Å²) in [5.41, 5.74) is 7.18. The minimum Gasteiger partial charge on any atom is -0.480 e. The molecule has 1 rings (SSSR count). The lowest BCUT2D eigenvalue weighted by atomic mass is 10.1. The van der Waals surface area contributed by atoms with Crippen LogP contribution in [0.4, 0.5) is 5.69 Å². The summed E-state index contributed by atoms with van der Waals surface area (Å²) in [5.74, 6) is -1.94. The highest BCUT2D eigenvalue weighted by Gasteiger charge is 2.07. The fourth-order valence-corrected chi connectivity index (χ4v) is 1.45. The van der Waals surface area contributed by atoms with Gasteiger partial charge in [-0.2, -0.15) is 0 Å². The third-order valence-corrected chi connectivity index (χ3v) is 2.50. The molecule has 0 radical (unpaired) electrons. The van der Waals surface area contributed by atoms with Crippen molar-refractivity contribution in [1.82, 2.24) is 10.6 Å². The summed E-state index contributed by atoms with van der Waals surface area (Å²) >= 11 is 0. The Balaban J connectivity index is 2.21. The van der Waals surface area contributed by atoms with Crippen LogP contribution in [0.5, 0.6) is 0 Å². The van der Waals surface area contributed by atoms with Crippen molar-refractivity contribution in [3.8, 4) is 0 Å². The van der Waals surface area contributed by atoms with Crippen molar-refractivity contribution in [1.29, 1.82) is 0 Å². The molecule has 20 heavy (non-hydrogen) atoms. The number of nitrogens with one attached hydrogen (secondary N) is 2. The first-order valence-electron chi connectivity index (χ1n) is 6.07. The van der Waals surface area contributed by atoms with Crippen LogP contribution in [0.25, 0.3) is 0 Å². The molecule has 1 aromatic carbocycles. The van der Waals surface area contributed by atoms with Gasteiger partial charge in [0.2, 0.25) is 11.8 Å². The first-order valence-corrected chi connectivity index (χ1v) is 6.07. The molecular weight excluding hydrogens is 262 g/mol. The van der Waals surface area contributed by atoms with Crippen molar-refractivity contribution >= 4 is 23.5 Å². The lowest BCUT2D eigenvalue weighted by Gasteiger charge is -2.05. The number of nitrogen functional groups attached to an aromatic ring is 1. The maximum Gasteiger partial charge on any atom is 0.322 e. The number of nitrogens with two attached hydrogens (primary N) is 1. The average Bonchev–Trinajstić information content (AvgIpc) is 2.42. The second kappa shape index (κ2) is 7.78. The molecular formula is C13H17N3O4. The molecule has 5 N–H and O–H groups in total. The van der Waals surface area contributed by atoms with Crippen LogP contribution >= 0.6 is 0 Å². The molecule has 0 aliphatic heterocycles. The van der Waals surface area contributed by atoms with Gasteiger partial charge in [0.1, 0.15) is 6.54 Å². The number of carbonyl (C=O) groups is 3. The predicted molar refractivity (Wildman–Crippen MR) is 72.8 cm³/mol. The van der Waals surface area contributed by atoms with Crippen molar-refractivity contribution in [2.24, 2.45) is 0 Å². The number of amides is 2. The molecule has 108 valence electrons. The van der Waals surface area contributed by atoms with Gasteiger partial charge in [0.15, 0.2) is 0 Å². The van der Waals surface area contributed by atoms with Crippen LogP contribution in [0.2, 0.25) is 0 Å². The minimum atomic E-state index is -1.13. The highest BCUT2D eigenvalue weighted by Crippen LogP contribution is 2.07. The number of anilines is 1. The van der Waals surface area contributed by atoms with Gasteiger partial charge >= 0.3 is 5.97 Å². The molecule has 1 aromatic rings. The van der Waals surface area contributed by atoms with Crippen LogP contribution in [0.1, 0.15) is 12.0 Å². The van der Waals surface area contributed by atoms with Gasteiger partial charge < -0.3 is 21.5 Å². The fraction of sp³-hybridized carbons (Fsp3) is 0.308. The second-order valence-electron chi connectivity index (χ2n) is 4.19. The number of carboxylic acids is 1. The van der Waals surface area contributed by atoms with E-state index in [9.17, 15) is 14.4 Å². The van der Waals surface area contributed by atoms with Gasteiger partial charge in [0.05, 0.1) is 6.54 Å². The summed E-state index contributed by atoms with van der Waals surface area (Å²) in [5, 5.41) is 12.9. The molecule has 0 heterocycles. The minimum absolute atomic E-state index is 0.228. The van der Waals surface area contributed by atoms with Crippen molar-refractivity contribution in [2.75, 3.05) is 18.8 Å². The molecule has 0 fully saturated rings. The van der Waals surface area contributed by atoms with E-state index >= 15 is 0 Å². The molecule has 0 aliphatic carbocycles. The van der Waals surface area contributed by atoms with E-state index in [0.29, 0.717) is 12.1 Å². The smallest absolute Gasteiger partial charge is 0.322 e. The van der Waals surface area contributed by atoms with Crippen LogP contribution in [0.3, 0.4) is 0 Å². The van der Waals surface area contributed by atoms with E-state index in [1.54, 1.807) is 12.1 Å². The summed E-state index contributed by atoms with van der Waals surface area (Å²) in [6, 6.07) is 7.18. The number of hydrogen-bond acceptors (Lipinski definition) is 4. The maximum atomic E-state index is 11.5. The summed E-state index contributed by atoms with van der Waals surface area (Å²) in [7, 11) is 0. The van der Waals surface area contributed by atoms with Gasteiger partial charge in [-0.1, -0.05) is 12.1 Å². The standard InChI is InChI=1S/C13H17N3O4/c14-10-4-1-9(2-5-10)3-6-11(17)15-7-12(18)16-8-13(19)20/h1-2,4-5H,3,6-8,14H2,(H,15,17)(H,16,18)(H,19,20). The first kappa shape index (κ1) is 15.5. The Kier molecular flexibility index (Phi) is 6.02. The zero-order valence-corrected chi connectivity index (χ0v) is 10.9. The van der Waals surface area contributed by atoms with E-state index in [2.05, 4.69) is 10.6 Å². The molecule has 0 aliphatic rings. The van der Waals surface area contributed by atoms with Crippen molar-refractivity contribution < 1.29 is 19.5 Å². The number of benzene rings is 1. The largest absolute Gasteiger partial charge is 0.480 e. The van der Waals surface area contributed by atoms with Gasteiger partial charge in [-0.25, -0.2) is 0 Å². The monoisotopic (exact) mass is 279 g/mol. The Bertz CT molecular complexity index is 485. The maximum absolute atomic E-state index is 11.5. The van der Waals surface area contributed by atoms with E-state index in [1.807, 2.05) is 12.1 Å². The lowest BCUT2D eigenvalue weighted by Crippen LogP contribution is -2.39. The van der Waals surface area contributed by atoms with Gasteiger partial charge in [0, 0.05) is 12.1 Å². The van der Waals surface area contributed by atoms with Crippen LogP contribution in [-0.2, 0) is 20.8 Å². The molecule has 7 nitrogen and oxygen atoms in total. The van der Waals surface area contributed by atoms with E-state index in [0.717, 1.165) is 5.56 Å². The zero-order chi connectivity index (χ0) is 15.0. The number of hydrogen-bond donors (Lipinski definition) is 4. The topological polar surface area (TPSA) is 122 Å².